The van der Waals surface area contributed by atoms with E-state index < -0.39 is 0 Å². The summed E-state index contributed by atoms with van der Waals surface area (Å²) in [6, 6.07) is 0. The number of hydrogen-bond acceptors (Lipinski definition) is 3. The van der Waals surface area contributed by atoms with Crippen molar-refractivity contribution in [3.8, 4) is 0 Å². The molecule has 1 fully saturated rings. The number of aliphatic hydroxyl groups excluding tert-OH is 1. The molecule has 0 aliphatic carbocycles. The fourth-order valence-corrected chi connectivity index (χ4v) is 2.95. The molecule has 0 aromatic carbocycles. The van der Waals surface area contributed by atoms with Gasteiger partial charge in [-0.3, -0.25) is 0 Å². The Bertz CT molecular complexity index is 119. The van der Waals surface area contributed by atoms with E-state index in [2.05, 4.69) is 6.92 Å². The highest BCUT2D eigenvalue weighted by molar-refractivity contribution is 8.00. The van der Waals surface area contributed by atoms with E-state index >= 15 is 0 Å². The molecule has 0 aromatic rings. The topological polar surface area (TPSA) is 46.2 Å². The molecule has 0 amide bonds. The van der Waals surface area contributed by atoms with Crippen LogP contribution in [0.1, 0.15) is 19.8 Å². The zero-order valence-electron chi connectivity index (χ0n) is 7.05. The van der Waals surface area contributed by atoms with E-state index in [-0.39, 0.29) is 12.0 Å². The second kappa shape index (κ2) is 3.78. The quantitative estimate of drug-likeness (QED) is 0.668. The minimum Gasteiger partial charge on any atom is -0.396 e. The number of rotatable bonds is 3. The van der Waals surface area contributed by atoms with Crippen LogP contribution < -0.4 is 5.73 Å². The first-order valence-corrected chi connectivity index (χ1v) is 5.20. The van der Waals surface area contributed by atoms with Gasteiger partial charge < -0.3 is 10.8 Å². The Hall–Kier alpha value is 0.270. The van der Waals surface area contributed by atoms with Crippen molar-refractivity contribution < 1.29 is 5.11 Å². The summed E-state index contributed by atoms with van der Waals surface area (Å²) < 4.78 is 0. The lowest BCUT2D eigenvalue weighted by molar-refractivity contribution is 0.145. The van der Waals surface area contributed by atoms with Crippen LogP contribution >= 0.6 is 11.8 Å². The number of thioether (sulfide) groups is 1. The predicted octanol–water partition coefficient (Wildman–Crippen LogP) is 0.839. The van der Waals surface area contributed by atoms with Crippen LogP contribution in [0, 0.1) is 5.41 Å². The van der Waals surface area contributed by atoms with Crippen LogP contribution in [0.3, 0.4) is 0 Å². The van der Waals surface area contributed by atoms with Gasteiger partial charge in [-0.05, 0) is 18.6 Å². The lowest BCUT2D eigenvalue weighted by Crippen LogP contribution is -2.39. The molecule has 0 saturated carbocycles. The van der Waals surface area contributed by atoms with E-state index in [9.17, 15) is 0 Å². The van der Waals surface area contributed by atoms with Crippen molar-refractivity contribution in [2.24, 2.45) is 11.1 Å². The van der Waals surface area contributed by atoms with Gasteiger partial charge in [-0.2, -0.15) is 11.8 Å². The fraction of sp³-hybridized carbons (Fsp3) is 1.00. The third kappa shape index (κ3) is 1.89. The molecule has 0 aromatic heterocycles. The summed E-state index contributed by atoms with van der Waals surface area (Å²) in [4.78, 5) is 0. The van der Waals surface area contributed by atoms with Crippen molar-refractivity contribution in [3.63, 3.8) is 0 Å². The molecule has 1 aliphatic heterocycles. The van der Waals surface area contributed by atoms with Crippen LogP contribution in [0.4, 0.5) is 0 Å². The van der Waals surface area contributed by atoms with Crippen molar-refractivity contribution in [2.75, 3.05) is 18.9 Å². The van der Waals surface area contributed by atoms with E-state index in [1.807, 2.05) is 11.8 Å². The molecular weight excluding hydrogens is 158 g/mol. The van der Waals surface area contributed by atoms with Gasteiger partial charge in [0, 0.05) is 17.2 Å². The molecule has 1 saturated heterocycles. The number of aliphatic hydroxyl groups is 1. The second-order valence-electron chi connectivity index (χ2n) is 3.52. The third-order valence-electron chi connectivity index (χ3n) is 2.53. The predicted molar refractivity (Wildman–Crippen MR) is 49.7 cm³/mol. The Morgan fingerprint density at radius 3 is 2.82 bits per heavy atom. The average Bonchev–Trinajstić information content (AvgIpc) is 2.55. The van der Waals surface area contributed by atoms with Gasteiger partial charge in [0.15, 0.2) is 0 Å². The summed E-state index contributed by atoms with van der Waals surface area (Å²) in [5, 5.41) is 9.73. The molecule has 1 heterocycles. The van der Waals surface area contributed by atoms with Gasteiger partial charge >= 0.3 is 0 Å². The third-order valence-corrected chi connectivity index (χ3v) is 4.27. The van der Waals surface area contributed by atoms with Crippen LogP contribution in [0.5, 0.6) is 0 Å². The Labute approximate surface area is 72.5 Å². The van der Waals surface area contributed by atoms with Gasteiger partial charge in [0.05, 0.1) is 6.61 Å². The first-order valence-electron chi connectivity index (χ1n) is 4.15. The van der Waals surface area contributed by atoms with Crippen molar-refractivity contribution in [3.05, 3.63) is 0 Å². The van der Waals surface area contributed by atoms with Gasteiger partial charge in [0.2, 0.25) is 0 Å². The van der Waals surface area contributed by atoms with Crippen molar-refractivity contribution >= 4 is 11.8 Å². The van der Waals surface area contributed by atoms with E-state index in [1.54, 1.807) is 0 Å². The lowest BCUT2D eigenvalue weighted by Gasteiger charge is -2.31. The minimum absolute atomic E-state index is 0.0405. The minimum atomic E-state index is -0.0405. The highest BCUT2D eigenvalue weighted by Gasteiger charge is 2.34. The standard InChI is InChI=1S/C8H17NOS/c1-8(5-9,6-10)7-3-2-4-11-7/h7,10H,2-6,9H2,1H3. The van der Waals surface area contributed by atoms with Gasteiger partial charge in [0.25, 0.3) is 0 Å². The summed E-state index contributed by atoms with van der Waals surface area (Å²) in [6.45, 7) is 2.90. The summed E-state index contributed by atoms with van der Waals surface area (Å²) in [6.07, 6.45) is 2.50. The number of hydrogen-bond donors (Lipinski definition) is 2. The molecule has 2 unspecified atom stereocenters. The molecular formula is C8H17NOS. The van der Waals surface area contributed by atoms with Crippen LogP contribution in [0.15, 0.2) is 0 Å². The van der Waals surface area contributed by atoms with Crippen LogP contribution in [0.25, 0.3) is 0 Å². The Morgan fingerprint density at radius 2 is 2.45 bits per heavy atom. The summed E-state index contributed by atoms with van der Waals surface area (Å²) >= 11 is 1.96. The lowest BCUT2D eigenvalue weighted by atomic mass is 9.85. The maximum absolute atomic E-state index is 9.15. The first-order chi connectivity index (χ1) is 5.23. The SMILES string of the molecule is CC(CN)(CO)C1CCCS1. The maximum atomic E-state index is 9.15. The van der Waals surface area contributed by atoms with Crippen LogP contribution in [-0.4, -0.2) is 29.3 Å². The molecule has 3 N–H and O–H groups in total. The van der Waals surface area contributed by atoms with E-state index in [1.165, 1.54) is 18.6 Å². The van der Waals surface area contributed by atoms with E-state index in [0.29, 0.717) is 11.8 Å². The van der Waals surface area contributed by atoms with Gasteiger partial charge in [-0.25, -0.2) is 0 Å². The van der Waals surface area contributed by atoms with Crippen molar-refractivity contribution in [1.29, 1.82) is 0 Å². The molecule has 0 spiro atoms. The van der Waals surface area contributed by atoms with Gasteiger partial charge in [-0.15, -0.1) is 0 Å². The second-order valence-corrected chi connectivity index (χ2v) is 4.83. The Morgan fingerprint density at radius 1 is 1.73 bits per heavy atom. The van der Waals surface area contributed by atoms with Crippen LogP contribution in [-0.2, 0) is 0 Å². The molecule has 2 nitrogen and oxygen atoms in total. The number of nitrogens with two attached hydrogens (primary N) is 1. The van der Waals surface area contributed by atoms with E-state index in [4.69, 9.17) is 10.8 Å². The molecule has 11 heavy (non-hydrogen) atoms. The maximum Gasteiger partial charge on any atom is 0.0507 e. The monoisotopic (exact) mass is 175 g/mol. The molecule has 1 rings (SSSR count). The van der Waals surface area contributed by atoms with Crippen molar-refractivity contribution in [2.45, 2.75) is 25.0 Å². The highest BCUT2D eigenvalue weighted by Crippen LogP contribution is 2.38. The summed E-state index contributed by atoms with van der Waals surface area (Å²) in [5.41, 5.74) is 5.58. The highest BCUT2D eigenvalue weighted by atomic mass is 32.2. The fourth-order valence-electron chi connectivity index (χ4n) is 1.43. The normalized spacial score (nSPS) is 30.3. The Balaban J connectivity index is 2.52. The molecule has 66 valence electrons. The molecule has 3 heteroatoms. The van der Waals surface area contributed by atoms with Crippen molar-refractivity contribution in [1.82, 2.24) is 0 Å². The zero-order chi connectivity index (χ0) is 8.32. The smallest absolute Gasteiger partial charge is 0.0507 e. The van der Waals surface area contributed by atoms with Crippen LogP contribution in [0.2, 0.25) is 0 Å². The average molecular weight is 175 g/mol. The van der Waals surface area contributed by atoms with E-state index in [0.717, 1.165) is 0 Å². The molecule has 2 atom stereocenters. The largest absolute Gasteiger partial charge is 0.396 e. The molecule has 1 aliphatic rings. The zero-order valence-corrected chi connectivity index (χ0v) is 7.86. The first kappa shape index (κ1) is 9.36. The summed E-state index contributed by atoms with van der Waals surface area (Å²) in [5.74, 6) is 1.24. The summed E-state index contributed by atoms with van der Waals surface area (Å²) in [7, 11) is 0. The van der Waals surface area contributed by atoms with Gasteiger partial charge in [0.1, 0.15) is 0 Å². The molecule has 0 radical (unpaired) electrons. The Kier molecular flexibility index (Phi) is 3.22. The molecule has 0 bridgehead atoms. The van der Waals surface area contributed by atoms with Gasteiger partial charge in [-0.1, -0.05) is 6.92 Å².